The Bertz CT molecular complexity index is 689. The standard InChI is InChI=1S/C19H33N5O2S.HI/c1-3-21-19(22-11-14-24-12-5-4-6-13-24)23-15-17-7-9-18(10-8-17)16-27(25,26)20-2;/h7-10,20H,3-6,11-16H2,1-2H3,(H2,21,22,23);1H. The third kappa shape index (κ3) is 9.53. The highest BCUT2D eigenvalue weighted by atomic mass is 127. The highest BCUT2D eigenvalue weighted by molar-refractivity contribution is 14.0. The first kappa shape index (κ1) is 25.1. The Balaban J connectivity index is 0.00000392. The molecule has 0 unspecified atom stereocenters. The maximum atomic E-state index is 11.6. The molecule has 28 heavy (non-hydrogen) atoms. The molecule has 0 spiro atoms. The van der Waals surface area contributed by atoms with Crippen molar-refractivity contribution in [3.63, 3.8) is 0 Å². The van der Waals surface area contributed by atoms with Crippen LogP contribution in [0.5, 0.6) is 0 Å². The van der Waals surface area contributed by atoms with Gasteiger partial charge in [0.2, 0.25) is 10.0 Å². The Labute approximate surface area is 186 Å². The van der Waals surface area contributed by atoms with Crippen LogP contribution in [-0.4, -0.2) is 59.0 Å². The van der Waals surface area contributed by atoms with E-state index >= 15 is 0 Å². The van der Waals surface area contributed by atoms with Crippen molar-refractivity contribution in [2.24, 2.45) is 4.99 Å². The lowest BCUT2D eigenvalue weighted by Crippen LogP contribution is -2.42. The molecule has 0 bridgehead atoms. The minimum atomic E-state index is -3.24. The Kier molecular flexibility index (Phi) is 12.0. The van der Waals surface area contributed by atoms with E-state index in [1.165, 1.54) is 39.4 Å². The van der Waals surface area contributed by atoms with Gasteiger partial charge in [0.15, 0.2) is 5.96 Å². The molecule has 160 valence electrons. The number of sulfonamides is 1. The first-order chi connectivity index (χ1) is 13.0. The molecule has 3 N–H and O–H groups in total. The number of nitrogens with one attached hydrogen (secondary N) is 3. The van der Waals surface area contributed by atoms with Crippen molar-refractivity contribution in [1.82, 2.24) is 20.3 Å². The van der Waals surface area contributed by atoms with Crippen LogP contribution in [0, 0.1) is 0 Å². The molecule has 0 aliphatic carbocycles. The fraction of sp³-hybridized carbons (Fsp3) is 0.632. The van der Waals surface area contributed by atoms with E-state index in [1.54, 1.807) is 0 Å². The number of benzene rings is 1. The van der Waals surface area contributed by atoms with Gasteiger partial charge < -0.3 is 15.5 Å². The summed E-state index contributed by atoms with van der Waals surface area (Å²) in [5.74, 6) is 0.810. The van der Waals surface area contributed by atoms with Crippen LogP contribution in [0.1, 0.15) is 37.3 Å². The lowest BCUT2D eigenvalue weighted by Gasteiger charge is -2.26. The van der Waals surface area contributed by atoms with Gasteiger partial charge in [-0.25, -0.2) is 18.1 Å². The van der Waals surface area contributed by atoms with E-state index in [4.69, 9.17) is 0 Å². The number of hydrogen-bond acceptors (Lipinski definition) is 4. The largest absolute Gasteiger partial charge is 0.357 e. The number of halogens is 1. The van der Waals surface area contributed by atoms with Crippen molar-refractivity contribution in [3.05, 3.63) is 35.4 Å². The van der Waals surface area contributed by atoms with Gasteiger partial charge in [-0.05, 0) is 51.0 Å². The van der Waals surface area contributed by atoms with Gasteiger partial charge in [-0.3, -0.25) is 0 Å². The van der Waals surface area contributed by atoms with Gasteiger partial charge in [0.05, 0.1) is 12.3 Å². The number of aliphatic imine (C=N–C) groups is 1. The first-order valence-corrected chi connectivity index (χ1v) is 11.4. The predicted molar refractivity (Wildman–Crippen MR) is 127 cm³/mol. The van der Waals surface area contributed by atoms with E-state index in [-0.39, 0.29) is 29.7 Å². The molecule has 0 saturated carbocycles. The molecule has 7 nitrogen and oxygen atoms in total. The van der Waals surface area contributed by atoms with Gasteiger partial charge in [-0.15, -0.1) is 24.0 Å². The molecule has 1 aliphatic rings. The van der Waals surface area contributed by atoms with Gasteiger partial charge in [0.1, 0.15) is 0 Å². The Morgan fingerprint density at radius 3 is 2.32 bits per heavy atom. The molecule has 1 aromatic rings. The topological polar surface area (TPSA) is 85.8 Å². The highest BCUT2D eigenvalue weighted by Crippen LogP contribution is 2.09. The van der Waals surface area contributed by atoms with Crippen molar-refractivity contribution in [2.75, 3.05) is 39.8 Å². The zero-order valence-electron chi connectivity index (χ0n) is 16.9. The molecule has 9 heteroatoms. The van der Waals surface area contributed by atoms with Gasteiger partial charge in [-0.1, -0.05) is 30.7 Å². The molecule has 1 saturated heterocycles. The van der Waals surface area contributed by atoms with Crippen molar-refractivity contribution in [2.45, 2.75) is 38.5 Å². The SMILES string of the molecule is CCNC(=NCc1ccc(CS(=O)(=O)NC)cc1)NCCN1CCCCC1.I. The quantitative estimate of drug-likeness (QED) is 0.262. The highest BCUT2D eigenvalue weighted by Gasteiger charge is 2.10. The fourth-order valence-corrected chi connectivity index (χ4v) is 3.84. The van der Waals surface area contributed by atoms with Crippen LogP contribution in [0.25, 0.3) is 0 Å². The number of rotatable bonds is 9. The molecule has 1 aliphatic heterocycles. The second-order valence-corrected chi connectivity index (χ2v) is 8.73. The third-order valence-electron chi connectivity index (χ3n) is 4.62. The number of guanidine groups is 1. The maximum absolute atomic E-state index is 11.6. The van der Waals surface area contributed by atoms with Crippen molar-refractivity contribution < 1.29 is 8.42 Å². The van der Waals surface area contributed by atoms with E-state index in [2.05, 4.69) is 32.2 Å². The van der Waals surface area contributed by atoms with Crippen molar-refractivity contribution in [1.29, 1.82) is 0 Å². The van der Waals surface area contributed by atoms with Gasteiger partial charge in [0.25, 0.3) is 0 Å². The monoisotopic (exact) mass is 523 g/mol. The van der Waals surface area contributed by atoms with E-state index in [1.807, 2.05) is 24.3 Å². The maximum Gasteiger partial charge on any atom is 0.215 e. The molecule has 2 rings (SSSR count). The molecule has 1 aromatic carbocycles. The smallest absolute Gasteiger partial charge is 0.215 e. The van der Waals surface area contributed by atoms with E-state index in [9.17, 15) is 8.42 Å². The molecule has 0 aromatic heterocycles. The minimum Gasteiger partial charge on any atom is -0.357 e. The summed E-state index contributed by atoms with van der Waals surface area (Å²) in [5, 5.41) is 6.67. The Morgan fingerprint density at radius 2 is 1.71 bits per heavy atom. The van der Waals surface area contributed by atoms with Crippen LogP contribution in [-0.2, 0) is 22.3 Å². The zero-order chi connectivity index (χ0) is 19.5. The second-order valence-electron chi connectivity index (χ2n) is 6.80. The van der Waals surface area contributed by atoms with E-state index in [0.29, 0.717) is 6.54 Å². The average molecular weight is 523 g/mol. The molecular formula is C19H34IN5O2S. The third-order valence-corrected chi connectivity index (χ3v) is 5.96. The summed E-state index contributed by atoms with van der Waals surface area (Å²) < 4.78 is 25.5. The molecule has 1 heterocycles. The summed E-state index contributed by atoms with van der Waals surface area (Å²) in [6, 6.07) is 7.55. The van der Waals surface area contributed by atoms with E-state index < -0.39 is 10.0 Å². The van der Waals surface area contributed by atoms with Gasteiger partial charge in [-0.2, -0.15) is 0 Å². The number of nitrogens with zero attached hydrogens (tertiary/aromatic N) is 2. The van der Waals surface area contributed by atoms with Gasteiger partial charge >= 0.3 is 0 Å². The lowest BCUT2D eigenvalue weighted by molar-refractivity contribution is 0.232. The first-order valence-electron chi connectivity index (χ1n) is 9.76. The Hall–Kier alpha value is -0.910. The molecule has 0 atom stereocenters. The van der Waals surface area contributed by atoms with Crippen LogP contribution in [0.2, 0.25) is 0 Å². The van der Waals surface area contributed by atoms with E-state index in [0.717, 1.165) is 36.7 Å². The van der Waals surface area contributed by atoms with Crippen LogP contribution in [0.4, 0.5) is 0 Å². The summed E-state index contributed by atoms with van der Waals surface area (Å²) in [5.41, 5.74) is 1.82. The lowest BCUT2D eigenvalue weighted by atomic mass is 10.1. The molecule has 1 fully saturated rings. The van der Waals surface area contributed by atoms with Crippen LogP contribution in [0.3, 0.4) is 0 Å². The average Bonchev–Trinajstić information content (AvgIpc) is 2.68. The van der Waals surface area contributed by atoms with Crippen LogP contribution in [0.15, 0.2) is 29.3 Å². The minimum absolute atomic E-state index is 0. The molecule has 0 amide bonds. The van der Waals surface area contributed by atoms with Crippen LogP contribution < -0.4 is 15.4 Å². The van der Waals surface area contributed by atoms with Crippen LogP contribution >= 0.6 is 24.0 Å². The number of likely N-dealkylation sites (tertiary alicyclic amines) is 1. The van der Waals surface area contributed by atoms with Gasteiger partial charge in [0, 0.05) is 19.6 Å². The zero-order valence-corrected chi connectivity index (χ0v) is 20.1. The predicted octanol–water partition coefficient (Wildman–Crippen LogP) is 1.89. The summed E-state index contributed by atoms with van der Waals surface area (Å²) >= 11 is 0. The van der Waals surface area contributed by atoms with Crippen molar-refractivity contribution >= 4 is 40.0 Å². The fourth-order valence-electron chi connectivity index (χ4n) is 3.06. The molecular weight excluding hydrogens is 489 g/mol. The number of hydrogen-bond donors (Lipinski definition) is 3. The summed E-state index contributed by atoms with van der Waals surface area (Å²) in [6.07, 6.45) is 3.97. The van der Waals surface area contributed by atoms with Crippen molar-refractivity contribution in [3.8, 4) is 0 Å². The number of piperidine rings is 1. The molecule has 0 radical (unpaired) electrons. The summed E-state index contributed by atoms with van der Waals surface area (Å²) in [6.45, 7) is 7.75. The second kappa shape index (κ2) is 13.3. The Morgan fingerprint density at radius 1 is 1.07 bits per heavy atom. The summed E-state index contributed by atoms with van der Waals surface area (Å²) in [7, 11) is -1.81. The summed E-state index contributed by atoms with van der Waals surface area (Å²) in [4.78, 5) is 7.13. The normalized spacial score (nSPS) is 15.7.